The average molecular weight is 369 g/mol. The highest BCUT2D eigenvalue weighted by Gasteiger charge is 2.11. The van der Waals surface area contributed by atoms with Crippen LogP contribution in [0.4, 0.5) is 0 Å². The van der Waals surface area contributed by atoms with Crippen LogP contribution in [0, 0.1) is 0 Å². The number of aliphatic carboxylic acids is 1. The van der Waals surface area contributed by atoms with Crippen molar-refractivity contribution in [2.75, 3.05) is 0 Å². The molecule has 0 amide bonds. The molecule has 1 aromatic rings. The molecule has 0 aromatic carbocycles. The number of nitrogens with zero attached hydrogens (tertiary/aromatic N) is 2. The molecule has 0 radical (unpaired) electrons. The summed E-state index contributed by atoms with van der Waals surface area (Å²) in [5.41, 5.74) is 0. The van der Waals surface area contributed by atoms with Gasteiger partial charge >= 0.3 is 5.82 Å². The van der Waals surface area contributed by atoms with Gasteiger partial charge in [-0.1, -0.05) is 58.3 Å². The summed E-state index contributed by atoms with van der Waals surface area (Å²) < 4.78 is 3.93. The van der Waals surface area contributed by atoms with E-state index in [2.05, 4.69) is 11.5 Å². The van der Waals surface area contributed by atoms with E-state index in [1.165, 1.54) is 64.2 Å². The van der Waals surface area contributed by atoms with Crippen molar-refractivity contribution in [1.29, 1.82) is 0 Å². The van der Waals surface area contributed by atoms with Gasteiger partial charge in [-0.3, -0.25) is 4.79 Å². The molecule has 1 atom stereocenters. The number of aldehydes is 1. The zero-order valence-electron chi connectivity index (χ0n) is 16.7. The van der Waals surface area contributed by atoms with Crippen molar-refractivity contribution in [2.45, 2.75) is 90.7 Å². The number of imidazole rings is 1. The van der Waals surface area contributed by atoms with Gasteiger partial charge in [0.05, 0.1) is 25.7 Å². The molecule has 6 nitrogen and oxygen atoms in total. The molecule has 1 unspecified atom stereocenters. The molecule has 0 saturated heterocycles. The van der Waals surface area contributed by atoms with Gasteiger partial charge in [-0.2, -0.15) is 0 Å². The normalized spacial score (nSPS) is 11.5. The zero-order valence-corrected chi connectivity index (χ0v) is 16.7. The Morgan fingerprint density at radius 3 is 2.04 bits per heavy atom. The number of carbonyl (C=O) groups excluding carboxylic acids is 2. The fraction of sp³-hybridized carbons (Fsp3) is 0.750. The molecule has 6 heteroatoms. The SMILES string of the molecule is CC(O)C(=O)[O-].CCCCCCCCCCCCn1cc[n+](C)c1C=O. The number of unbranched alkanes of at least 4 members (excludes halogenated alkanes) is 9. The molecule has 0 bridgehead atoms. The van der Waals surface area contributed by atoms with Gasteiger partial charge in [-0.15, -0.1) is 0 Å². The first-order chi connectivity index (χ1) is 12.4. The number of carbonyl (C=O) groups is 2. The minimum atomic E-state index is -1.44. The van der Waals surface area contributed by atoms with Crippen LogP contribution in [-0.2, 0) is 18.4 Å². The first kappa shape index (κ1) is 24.3. The second-order valence-corrected chi connectivity index (χ2v) is 6.76. The van der Waals surface area contributed by atoms with E-state index in [0.717, 1.165) is 25.6 Å². The van der Waals surface area contributed by atoms with Crippen LogP contribution in [0.3, 0.4) is 0 Å². The van der Waals surface area contributed by atoms with Crippen LogP contribution in [0.25, 0.3) is 0 Å². The van der Waals surface area contributed by atoms with Gasteiger partial charge in [-0.05, 0) is 19.8 Å². The van der Waals surface area contributed by atoms with Crippen molar-refractivity contribution in [2.24, 2.45) is 7.05 Å². The molecule has 0 spiro atoms. The summed E-state index contributed by atoms with van der Waals surface area (Å²) in [5, 5.41) is 17.3. The third-order valence-electron chi connectivity index (χ3n) is 4.32. The lowest BCUT2D eigenvalue weighted by Gasteiger charge is -2.02. The summed E-state index contributed by atoms with van der Waals surface area (Å²) in [5.74, 6) is -0.670. The highest BCUT2D eigenvalue weighted by Crippen LogP contribution is 2.11. The number of rotatable bonds is 13. The average Bonchev–Trinajstić information content (AvgIpc) is 2.96. The fourth-order valence-electron chi connectivity index (χ4n) is 2.65. The van der Waals surface area contributed by atoms with Crippen LogP contribution in [-0.4, -0.2) is 28.0 Å². The molecule has 26 heavy (non-hydrogen) atoms. The first-order valence-electron chi connectivity index (χ1n) is 9.82. The van der Waals surface area contributed by atoms with E-state index < -0.39 is 12.1 Å². The van der Waals surface area contributed by atoms with Gasteiger partial charge in [0.25, 0.3) is 0 Å². The molecule has 1 heterocycles. The Morgan fingerprint density at radius 2 is 1.62 bits per heavy atom. The minimum absolute atomic E-state index is 0.765. The largest absolute Gasteiger partial charge is 0.547 e. The third kappa shape index (κ3) is 11.8. The number of aromatic nitrogens is 2. The topological polar surface area (TPSA) is 86.2 Å². The number of hydrogen-bond acceptors (Lipinski definition) is 4. The Hall–Kier alpha value is -1.69. The number of aryl methyl sites for hydroxylation is 2. The van der Waals surface area contributed by atoms with Crippen molar-refractivity contribution < 1.29 is 24.4 Å². The molecule has 1 rings (SSSR count). The Bertz CT molecular complexity index is 498. The van der Waals surface area contributed by atoms with E-state index in [-0.39, 0.29) is 0 Å². The quantitative estimate of drug-likeness (QED) is 0.328. The monoisotopic (exact) mass is 368 g/mol. The Balaban J connectivity index is 0.000000896. The minimum Gasteiger partial charge on any atom is -0.547 e. The van der Waals surface area contributed by atoms with Crippen LogP contribution in [0.15, 0.2) is 12.4 Å². The van der Waals surface area contributed by atoms with Crippen molar-refractivity contribution in [3.8, 4) is 0 Å². The molecular formula is C20H36N2O4. The third-order valence-corrected chi connectivity index (χ3v) is 4.32. The Kier molecular flexibility index (Phi) is 14.5. The summed E-state index contributed by atoms with van der Waals surface area (Å²) in [6, 6.07) is 0. The van der Waals surface area contributed by atoms with Gasteiger partial charge in [0.15, 0.2) is 0 Å². The van der Waals surface area contributed by atoms with Crippen LogP contribution in [0.5, 0.6) is 0 Å². The number of aliphatic hydroxyl groups is 1. The van der Waals surface area contributed by atoms with E-state index in [1.54, 1.807) is 0 Å². The van der Waals surface area contributed by atoms with Gasteiger partial charge in [0.1, 0.15) is 12.4 Å². The van der Waals surface area contributed by atoms with Gasteiger partial charge < -0.3 is 15.0 Å². The maximum atomic E-state index is 10.9. The predicted octanol–water partition coefficient (Wildman–Crippen LogP) is 2.16. The van der Waals surface area contributed by atoms with Gasteiger partial charge in [0, 0.05) is 0 Å². The maximum Gasteiger partial charge on any atom is 0.321 e. The number of aliphatic hydroxyl groups excluding tert-OH is 1. The molecule has 0 aliphatic heterocycles. The van der Waals surface area contributed by atoms with Crippen molar-refractivity contribution in [3.63, 3.8) is 0 Å². The van der Waals surface area contributed by atoms with Gasteiger partial charge in [-0.25, -0.2) is 9.13 Å². The Morgan fingerprint density at radius 1 is 1.15 bits per heavy atom. The lowest BCUT2D eigenvalue weighted by molar-refractivity contribution is -0.672. The fourth-order valence-corrected chi connectivity index (χ4v) is 2.65. The highest BCUT2D eigenvalue weighted by atomic mass is 16.4. The highest BCUT2D eigenvalue weighted by molar-refractivity contribution is 5.68. The summed E-state index contributed by atoms with van der Waals surface area (Å²) in [6.07, 6.45) is 17.0. The second-order valence-electron chi connectivity index (χ2n) is 6.76. The van der Waals surface area contributed by atoms with E-state index in [0.29, 0.717) is 0 Å². The van der Waals surface area contributed by atoms with E-state index >= 15 is 0 Å². The lowest BCUT2D eigenvalue weighted by Crippen LogP contribution is -2.32. The van der Waals surface area contributed by atoms with Gasteiger partial charge in [0.2, 0.25) is 6.29 Å². The molecule has 0 aliphatic carbocycles. The van der Waals surface area contributed by atoms with Crippen molar-refractivity contribution >= 4 is 12.3 Å². The predicted molar refractivity (Wildman–Crippen MR) is 99.5 cm³/mol. The summed E-state index contributed by atoms with van der Waals surface area (Å²) in [7, 11) is 1.92. The maximum absolute atomic E-state index is 10.9. The van der Waals surface area contributed by atoms with E-state index in [4.69, 9.17) is 5.11 Å². The number of carboxylic acids is 1. The zero-order chi connectivity index (χ0) is 19.8. The summed E-state index contributed by atoms with van der Waals surface area (Å²) in [6.45, 7) is 4.36. The molecule has 1 N–H and O–H groups in total. The van der Waals surface area contributed by atoms with Crippen LogP contribution in [0.1, 0.15) is 88.7 Å². The second kappa shape index (κ2) is 15.6. The summed E-state index contributed by atoms with van der Waals surface area (Å²) >= 11 is 0. The standard InChI is InChI=1S/C17H31N2O.C3H6O3/c1-3-4-5-6-7-8-9-10-11-12-13-19-15-14-18(2)17(19)16-20;1-2(4)3(5)6/h14-16H,3-13H2,1-2H3;2,4H,1H3,(H,5,6)/q+1;/p-1. The van der Waals surface area contributed by atoms with Crippen LogP contribution < -0.4 is 9.67 Å². The van der Waals surface area contributed by atoms with Crippen LogP contribution >= 0.6 is 0 Å². The molecule has 0 saturated carbocycles. The first-order valence-corrected chi connectivity index (χ1v) is 9.82. The molecular weight excluding hydrogens is 332 g/mol. The molecule has 150 valence electrons. The van der Waals surface area contributed by atoms with E-state index in [9.17, 15) is 14.7 Å². The Labute approximate surface area is 157 Å². The van der Waals surface area contributed by atoms with Crippen LogP contribution in [0.2, 0.25) is 0 Å². The van der Waals surface area contributed by atoms with Crippen molar-refractivity contribution in [3.05, 3.63) is 18.2 Å². The molecule has 0 aliphatic rings. The summed E-state index contributed by atoms with van der Waals surface area (Å²) in [4.78, 5) is 20.3. The number of carboxylic acid groups (broad SMARTS) is 1. The smallest absolute Gasteiger partial charge is 0.321 e. The number of hydrogen-bond donors (Lipinski definition) is 1. The lowest BCUT2D eigenvalue weighted by atomic mass is 10.1. The molecule has 0 fully saturated rings. The van der Waals surface area contributed by atoms with E-state index in [1.807, 2.05) is 24.0 Å². The van der Waals surface area contributed by atoms with Crippen molar-refractivity contribution in [1.82, 2.24) is 4.57 Å². The molecule has 1 aromatic heterocycles.